The first-order chi connectivity index (χ1) is 9.99. The van der Waals surface area contributed by atoms with Gasteiger partial charge in [0.1, 0.15) is 0 Å². The summed E-state index contributed by atoms with van der Waals surface area (Å²) in [4.78, 5) is 12.4. The van der Waals surface area contributed by atoms with Crippen molar-refractivity contribution >= 4 is 23.4 Å². The van der Waals surface area contributed by atoms with E-state index in [1.807, 2.05) is 11.8 Å². The standard InChI is InChI=1S/C17H26N2OS/c1-11(2)13-5-6-15(14(9-13)12(3)4)19-17(20)16-10-21-8-7-18-16/h5-6,9,11-12,16,18H,7-8,10H2,1-4H3,(H,19,20). The van der Waals surface area contributed by atoms with Crippen LogP contribution in [0.25, 0.3) is 0 Å². The number of hydrogen-bond acceptors (Lipinski definition) is 3. The molecule has 21 heavy (non-hydrogen) atoms. The Bertz CT molecular complexity index is 494. The Morgan fingerprint density at radius 3 is 2.62 bits per heavy atom. The topological polar surface area (TPSA) is 41.1 Å². The van der Waals surface area contributed by atoms with E-state index >= 15 is 0 Å². The second-order valence-corrected chi connectivity index (χ2v) is 7.38. The first-order valence-corrected chi connectivity index (χ1v) is 8.90. The molecule has 2 rings (SSSR count). The van der Waals surface area contributed by atoms with Gasteiger partial charge < -0.3 is 10.6 Å². The van der Waals surface area contributed by atoms with E-state index in [4.69, 9.17) is 0 Å². The maximum Gasteiger partial charge on any atom is 0.242 e. The number of nitrogens with one attached hydrogen (secondary N) is 2. The zero-order chi connectivity index (χ0) is 15.4. The summed E-state index contributed by atoms with van der Waals surface area (Å²) in [6, 6.07) is 6.33. The van der Waals surface area contributed by atoms with Crippen molar-refractivity contribution in [1.82, 2.24) is 5.32 Å². The highest BCUT2D eigenvalue weighted by Crippen LogP contribution is 2.28. The molecule has 0 spiro atoms. The van der Waals surface area contributed by atoms with Crippen LogP contribution in [-0.2, 0) is 4.79 Å². The van der Waals surface area contributed by atoms with Crippen LogP contribution in [0.2, 0.25) is 0 Å². The second kappa shape index (κ2) is 7.32. The van der Waals surface area contributed by atoms with Gasteiger partial charge in [0.2, 0.25) is 5.91 Å². The number of benzene rings is 1. The lowest BCUT2D eigenvalue weighted by molar-refractivity contribution is -0.117. The largest absolute Gasteiger partial charge is 0.324 e. The summed E-state index contributed by atoms with van der Waals surface area (Å²) >= 11 is 1.84. The van der Waals surface area contributed by atoms with Gasteiger partial charge in [0.15, 0.2) is 0 Å². The van der Waals surface area contributed by atoms with Gasteiger partial charge in [-0.2, -0.15) is 11.8 Å². The number of carbonyl (C=O) groups excluding carboxylic acids is 1. The van der Waals surface area contributed by atoms with Gasteiger partial charge >= 0.3 is 0 Å². The molecule has 1 saturated heterocycles. The fraction of sp³-hybridized carbons (Fsp3) is 0.588. The average molecular weight is 306 g/mol. The molecule has 2 N–H and O–H groups in total. The van der Waals surface area contributed by atoms with E-state index in [0.717, 1.165) is 23.7 Å². The van der Waals surface area contributed by atoms with E-state index in [9.17, 15) is 4.79 Å². The fourth-order valence-corrected chi connectivity index (χ4v) is 3.42. The maximum atomic E-state index is 12.4. The van der Waals surface area contributed by atoms with E-state index in [1.165, 1.54) is 11.1 Å². The van der Waals surface area contributed by atoms with Crippen LogP contribution in [0.3, 0.4) is 0 Å². The van der Waals surface area contributed by atoms with Crippen molar-refractivity contribution < 1.29 is 4.79 Å². The van der Waals surface area contributed by atoms with Gasteiger partial charge in [0.05, 0.1) is 6.04 Å². The van der Waals surface area contributed by atoms with Crippen LogP contribution in [0.15, 0.2) is 18.2 Å². The Morgan fingerprint density at radius 2 is 2.05 bits per heavy atom. The third-order valence-corrected chi connectivity index (χ3v) is 4.92. The van der Waals surface area contributed by atoms with Crippen molar-refractivity contribution in [3.8, 4) is 0 Å². The molecular formula is C17H26N2OS. The van der Waals surface area contributed by atoms with Gasteiger partial charge in [0, 0.05) is 23.7 Å². The van der Waals surface area contributed by atoms with Gasteiger partial charge in [-0.05, 0) is 29.0 Å². The van der Waals surface area contributed by atoms with Crippen LogP contribution < -0.4 is 10.6 Å². The summed E-state index contributed by atoms with van der Waals surface area (Å²) in [5.41, 5.74) is 3.50. The molecule has 1 amide bonds. The lowest BCUT2D eigenvalue weighted by Crippen LogP contribution is -2.46. The average Bonchev–Trinajstić information content (AvgIpc) is 2.48. The van der Waals surface area contributed by atoms with Crippen molar-refractivity contribution in [2.75, 3.05) is 23.4 Å². The molecule has 1 aliphatic heterocycles. The zero-order valence-electron chi connectivity index (χ0n) is 13.4. The fourth-order valence-electron chi connectivity index (χ4n) is 2.49. The molecule has 0 aromatic heterocycles. The van der Waals surface area contributed by atoms with Crippen LogP contribution in [0, 0.1) is 0 Å². The minimum Gasteiger partial charge on any atom is -0.324 e. The van der Waals surface area contributed by atoms with Crippen molar-refractivity contribution in [1.29, 1.82) is 0 Å². The number of amides is 1. The molecule has 3 nitrogen and oxygen atoms in total. The number of carbonyl (C=O) groups is 1. The van der Waals surface area contributed by atoms with Crippen LogP contribution in [0.1, 0.15) is 50.7 Å². The van der Waals surface area contributed by atoms with Crippen LogP contribution in [-0.4, -0.2) is 30.0 Å². The van der Waals surface area contributed by atoms with Gasteiger partial charge in [0.25, 0.3) is 0 Å². The molecule has 0 saturated carbocycles. The van der Waals surface area contributed by atoms with Gasteiger partial charge in [-0.3, -0.25) is 4.79 Å². The highest BCUT2D eigenvalue weighted by atomic mass is 32.2. The third kappa shape index (κ3) is 4.24. The Morgan fingerprint density at radius 1 is 1.29 bits per heavy atom. The molecule has 0 aliphatic carbocycles. The lowest BCUT2D eigenvalue weighted by atomic mass is 9.94. The predicted octanol–water partition coefficient (Wildman–Crippen LogP) is 3.58. The first kappa shape index (κ1) is 16.4. The molecule has 1 aliphatic rings. The Hall–Kier alpha value is -1.00. The minimum absolute atomic E-state index is 0.0754. The smallest absolute Gasteiger partial charge is 0.242 e. The number of anilines is 1. The molecule has 0 radical (unpaired) electrons. The zero-order valence-corrected chi connectivity index (χ0v) is 14.2. The van der Waals surface area contributed by atoms with E-state index in [1.54, 1.807) is 0 Å². The molecule has 4 heteroatoms. The molecule has 1 atom stereocenters. The van der Waals surface area contributed by atoms with E-state index in [-0.39, 0.29) is 11.9 Å². The molecule has 1 fully saturated rings. The third-order valence-electron chi connectivity index (χ3n) is 3.86. The summed E-state index contributed by atoms with van der Waals surface area (Å²) in [7, 11) is 0. The summed E-state index contributed by atoms with van der Waals surface area (Å²) in [6.45, 7) is 9.64. The molecular weight excluding hydrogens is 280 g/mol. The van der Waals surface area contributed by atoms with Crippen LogP contribution >= 0.6 is 11.8 Å². The Kier molecular flexibility index (Phi) is 5.71. The number of rotatable bonds is 4. The van der Waals surface area contributed by atoms with E-state index in [0.29, 0.717) is 11.8 Å². The maximum absolute atomic E-state index is 12.4. The van der Waals surface area contributed by atoms with Crippen molar-refractivity contribution in [2.45, 2.75) is 45.6 Å². The molecule has 116 valence electrons. The molecule has 1 aromatic rings. The van der Waals surface area contributed by atoms with Gasteiger partial charge in [-0.25, -0.2) is 0 Å². The monoisotopic (exact) mass is 306 g/mol. The number of hydrogen-bond donors (Lipinski definition) is 2. The van der Waals surface area contributed by atoms with Gasteiger partial charge in [-0.1, -0.05) is 39.8 Å². The summed E-state index contributed by atoms with van der Waals surface area (Å²) in [6.07, 6.45) is 0. The summed E-state index contributed by atoms with van der Waals surface area (Å²) in [5, 5.41) is 6.40. The normalized spacial score (nSPS) is 19.0. The molecule has 0 bridgehead atoms. The quantitative estimate of drug-likeness (QED) is 0.893. The predicted molar refractivity (Wildman–Crippen MR) is 92.4 cm³/mol. The van der Waals surface area contributed by atoms with E-state index < -0.39 is 0 Å². The van der Waals surface area contributed by atoms with Crippen molar-refractivity contribution in [3.63, 3.8) is 0 Å². The van der Waals surface area contributed by atoms with Gasteiger partial charge in [-0.15, -0.1) is 0 Å². The first-order valence-electron chi connectivity index (χ1n) is 7.75. The number of thioether (sulfide) groups is 1. The molecule has 1 heterocycles. The highest BCUT2D eigenvalue weighted by molar-refractivity contribution is 7.99. The Labute approximate surface area is 132 Å². The second-order valence-electron chi connectivity index (χ2n) is 6.23. The van der Waals surface area contributed by atoms with E-state index in [2.05, 4.69) is 56.5 Å². The van der Waals surface area contributed by atoms with Crippen LogP contribution in [0.5, 0.6) is 0 Å². The summed E-state index contributed by atoms with van der Waals surface area (Å²) < 4.78 is 0. The highest BCUT2D eigenvalue weighted by Gasteiger charge is 2.22. The summed E-state index contributed by atoms with van der Waals surface area (Å²) in [5.74, 6) is 2.93. The Balaban J connectivity index is 2.16. The van der Waals surface area contributed by atoms with Crippen molar-refractivity contribution in [3.05, 3.63) is 29.3 Å². The lowest BCUT2D eigenvalue weighted by Gasteiger charge is -2.24. The SMILES string of the molecule is CC(C)c1ccc(NC(=O)C2CSCCN2)c(C(C)C)c1. The van der Waals surface area contributed by atoms with Crippen LogP contribution in [0.4, 0.5) is 5.69 Å². The minimum atomic E-state index is -0.0754. The molecule has 1 aromatic carbocycles. The molecule has 1 unspecified atom stereocenters. The van der Waals surface area contributed by atoms with Crippen molar-refractivity contribution in [2.24, 2.45) is 0 Å².